The minimum Gasteiger partial charge on any atom is -0.331 e. The van der Waals surface area contributed by atoms with E-state index < -0.39 is 0 Å². The number of thiocarbonyl (C=S) groups is 1. The maximum absolute atomic E-state index is 5.61. The molecule has 0 amide bonds. The summed E-state index contributed by atoms with van der Waals surface area (Å²) in [4.78, 5) is 9.74. The standard InChI is InChI=1S/C22H24N4S/c1-15-9-8-12-18(16(15)2)24-22(27)25-21-17-10-5-6-11-19(17)23-20-13-4-3-7-14-26(20)21/h5-6,8-12H,3-4,7,13-14H2,1-2H3,(H,24,27). The Morgan fingerprint density at radius 3 is 2.81 bits per heavy atom. The average molecular weight is 377 g/mol. The van der Waals surface area contributed by atoms with E-state index in [-0.39, 0.29) is 0 Å². The van der Waals surface area contributed by atoms with Crippen molar-refractivity contribution in [2.45, 2.75) is 46.1 Å². The second-order valence-electron chi connectivity index (χ2n) is 7.12. The van der Waals surface area contributed by atoms with Crippen LogP contribution in [0.3, 0.4) is 0 Å². The normalized spacial score (nSPS) is 14.7. The highest BCUT2D eigenvalue weighted by Gasteiger charge is 2.13. The van der Waals surface area contributed by atoms with Crippen LogP contribution in [0.15, 0.2) is 47.5 Å². The number of aryl methyl sites for hydroxylation is 2. The number of fused-ring (bicyclic) bond motifs is 2. The number of para-hydroxylation sites is 1. The molecule has 27 heavy (non-hydrogen) atoms. The van der Waals surface area contributed by atoms with E-state index in [0.29, 0.717) is 5.11 Å². The Kier molecular flexibility index (Phi) is 5.03. The van der Waals surface area contributed by atoms with Gasteiger partial charge in [-0.1, -0.05) is 30.7 Å². The Hall–Kier alpha value is -2.53. The Bertz CT molecular complexity index is 1080. The second kappa shape index (κ2) is 7.61. The SMILES string of the molecule is Cc1cccc(NC(=S)N=c2c3ccccc3nc3n2CCCCC3)c1C. The molecule has 1 aliphatic rings. The highest BCUT2D eigenvalue weighted by atomic mass is 32.1. The summed E-state index contributed by atoms with van der Waals surface area (Å²) in [5, 5.41) is 4.85. The van der Waals surface area contributed by atoms with Crippen molar-refractivity contribution in [1.29, 1.82) is 0 Å². The van der Waals surface area contributed by atoms with Gasteiger partial charge in [0.25, 0.3) is 0 Å². The Morgan fingerprint density at radius 2 is 1.93 bits per heavy atom. The number of aromatic nitrogens is 2. The van der Waals surface area contributed by atoms with Crippen LogP contribution < -0.4 is 10.8 Å². The van der Waals surface area contributed by atoms with Crippen molar-refractivity contribution < 1.29 is 0 Å². The van der Waals surface area contributed by atoms with Crippen LogP contribution in [0.25, 0.3) is 10.9 Å². The van der Waals surface area contributed by atoms with Gasteiger partial charge in [-0.3, -0.25) is 0 Å². The molecule has 0 saturated carbocycles. The number of nitrogens with zero attached hydrogens (tertiary/aromatic N) is 3. The third-order valence-corrected chi connectivity index (χ3v) is 5.49. The fourth-order valence-corrected chi connectivity index (χ4v) is 3.83. The summed E-state index contributed by atoms with van der Waals surface area (Å²) in [6.45, 7) is 5.15. The van der Waals surface area contributed by atoms with Gasteiger partial charge in [0, 0.05) is 24.0 Å². The first-order chi connectivity index (χ1) is 13.1. The van der Waals surface area contributed by atoms with Crippen molar-refractivity contribution in [3.05, 3.63) is 64.9 Å². The molecule has 138 valence electrons. The molecule has 3 aromatic rings. The molecule has 0 radical (unpaired) electrons. The topological polar surface area (TPSA) is 42.2 Å². The lowest BCUT2D eigenvalue weighted by molar-refractivity contribution is 0.608. The molecule has 1 N–H and O–H groups in total. The molecule has 1 aliphatic heterocycles. The number of nitrogens with one attached hydrogen (secondary N) is 1. The lowest BCUT2D eigenvalue weighted by Gasteiger charge is -2.14. The van der Waals surface area contributed by atoms with Crippen molar-refractivity contribution in [2.75, 3.05) is 5.32 Å². The van der Waals surface area contributed by atoms with E-state index in [1.165, 1.54) is 24.0 Å². The number of benzene rings is 2. The smallest absolute Gasteiger partial charge is 0.199 e. The molecule has 0 saturated heterocycles. The van der Waals surface area contributed by atoms with Crippen LogP contribution in [0.2, 0.25) is 0 Å². The Morgan fingerprint density at radius 1 is 1.07 bits per heavy atom. The summed E-state index contributed by atoms with van der Waals surface area (Å²) in [5.41, 5.74) is 5.35. The predicted molar refractivity (Wildman–Crippen MR) is 115 cm³/mol. The van der Waals surface area contributed by atoms with Gasteiger partial charge in [0.2, 0.25) is 0 Å². The summed E-state index contributed by atoms with van der Waals surface area (Å²) in [5.74, 6) is 1.11. The third kappa shape index (κ3) is 3.65. The van der Waals surface area contributed by atoms with Gasteiger partial charge >= 0.3 is 0 Å². The van der Waals surface area contributed by atoms with Gasteiger partial charge in [-0.15, -0.1) is 0 Å². The first-order valence-corrected chi connectivity index (χ1v) is 9.95. The Balaban J connectivity index is 1.83. The highest BCUT2D eigenvalue weighted by Crippen LogP contribution is 2.18. The van der Waals surface area contributed by atoms with E-state index in [1.54, 1.807) is 0 Å². The first kappa shape index (κ1) is 17.9. The van der Waals surface area contributed by atoms with Gasteiger partial charge in [0.05, 0.1) is 5.52 Å². The summed E-state index contributed by atoms with van der Waals surface area (Å²) in [6, 6.07) is 14.4. The fourth-order valence-electron chi connectivity index (χ4n) is 3.63. The van der Waals surface area contributed by atoms with E-state index in [0.717, 1.165) is 47.3 Å². The third-order valence-electron chi connectivity index (χ3n) is 5.30. The van der Waals surface area contributed by atoms with Crippen molar-refractivity contribution in [3.8, 4) is 0 Å². The van der Waals surface area contributed by atoms with Crippen LogP contribution in [0, 0.1) is 13.8 Å². The molecule has 1 aromatic heterocycles. The zero-order chi connectivity index (χ0) is 18.8. The molecule has 0 bridgehead atoms. The molecule has 2 heterocycles. The quantitative estimate of drug-likeness (QED) is 0.627. The maximum Gasteiger partial charge on any atom is 0.199 e. The molecule has 5 heteroatoms. The zero-order valence-electron chi connectivity index (χ0n) is 15.8. The summed E-state index contributed by atoms with van der Waals surface area (Å²) < 4.78 is 2.26. The van der Waals surface area contributed by atoms with E-state index >= 15 is 0 Å². The van der Waals surface area contributed by atoms with E-state index in [9.17, 15) is 0 Å². The Labute approximate surface area is 165 Å². The van der Waals surface area contributed by atoms with Crippen molar-refractivity contribution >= 4 is 33.9 Å². The number of hydrogen-bond acceptors (Lipinski definition) is 2. The second-order valence-corrected chi connectivity index (χ2v) is 7.51. The van der Waals surface area contributed by atoms with Gasteiger partial charge < -0.3 is 9.88 Å². The van der Waals surface area contributed by atoms with Crippen molar-refractivity contribution in [2.24, 2.45) is 4.99 Å². The lowest BCUT2D eigenvalue weighted by atomic mass is 10.1. The monoisotopic (exact) mass is 376 g/mol. The molecule has 4 nitrogen and oxygen atoms in total. The van der Waals surface area contributed by atoms with Crippen LogP contribution >= 0.6 is 12.2 Å². The van der Waals surface area contributed by atoms with Crippen LogP contribution in [-0.2, 0) is 13.0 Å². The largest absolute Gasteiger partial charge is 0.331 e. The van der Waals surface area contributed by atoms with Crippen LogP contribution in [-0.4, -0.2) is 14.7 Å². The number of hydrogen-bond donors (Lipinski definition) is 1. The number of rotatable bonds is 1. The van der Waals surface area contributed by atoms with E-state index in [1.807, 2.05) is 24.3 Å². The fraction of sp³-hybridized carbons (Fsp3) is 0.318. The van der Waals surface area contributed by atoms with E-state index in [4.69, 9.17) is 22.2 Å². The van der Waals surface area contributed by atoms with Crippen molar-refractivity contribution in [3.63, 3.8) is 0 Å². The minimum absolute atomic E-state index is 0.485. The van der Waals surface area contributed by atoms with Gasteiger partial charge in [0.1, 0.15) is 11.3 Å². The van der Waals surface area contributed by atoms with Crippen LogP contribution in [0.1, 0.15) is 36.2 Å². The molecule has 0 unspecified atom stereocenters. The summed E-state index contributed by atoms with van der Waals surface area (Å²) in [6.07, 6.45) is 4.54. The molecule has 2 aromatic carbocycles. The average Bonchev–Trinajstić information content (AvgIpc) is 2.91. The maximum atomic E-state index is 5.61. The summed E-state index contributed by atoms with van der Waals surface area (Å²) >= 11 is 5.61. The molecule has 0 fully saturated rings. The van der Waals surface area contributed by atoms with Gasteiger partial charge in [-0.25, -0.2) is 9.98 Å². The number of anilines is 1. The molecule has 0 atom stereocenters. The van der Waals surface area contributed by atoms with Gasteiger partial charge in [-0.2, -0.15) is 0 Å². The first-order valence-electron chi connectivity index (χ1n) is 9.54. The van der Waals surface area contributed by atoms with E-state index in [2.05, 4.69) is 41.9 Å². The predicted octanol–water partition coefficient (Wildman–Crippen LogP) is 4.68. The van der Waals surface area contributed by atoms with Crippen LogP contribution in [0.4, 0.5) is 5.69 Å². The molecule has 4 rings (SSSR count). The highest BCUT2D eigenvalue weighted by molar-refractivity contribution is 7.80. The van der Waals surface area contributed by atoms with Crippen LogP contribution in [0.5, 0.6) is 0 Å². The van der Waals surface area contributed by atoms with Crippen molar-refractivity contribution in [1.82, 2.24) is 9.55 Å². The minimum atomic E-state index is 0.485. The van der Waals surface area contributed by atoms with Gasteiger partial charge in [-0.05, 0) is 68.2 Å². The molecular weight excluding hydrogens is 352 g/mol. The molecule has 0 spiro atoms. The molecule has 0 aliphatic carbocycles. The zero-order valence-corrected chi connectivity index (χ0v) is 16.6. The summed E-state index contributed by atoms with van der Waals surface area (Å²) in [7, 11) is 0. The molecular formula is C22H24N4S. The lowest BCUT2D eigenvalue weighted by Crippen LogP contribution is -2.28. The van der Waals surface area contributed by atoms with Gasteiger partial charge in [0.15, 0.2) is 5.11 Å².